The summed E-state index contributed by atoms with van der Waals surface area (Å²) in [5.74, 6) is 0. The van der Waals surface area contributed by atoms with Crippen LogP contribution < -0.4 is 0 Å². The minimum Gasteiger partial charge on any atom is -0.0592 e. The molecule has 0 unspecified atom stereocenters. The van der Waals surface area contributed by atoms with E-state index < -0.39 is 0 Å². The lowest BCUT2D eigenvalue weighted by Gasteiger charge is -2.57. The molecule has 0 nitrogen and oxygen atoms in total. The van der Waals surface area contributed by atoms with Gasteiger partial charge in [0.1, 0.15) is 0 Å². The van der Waals surface area contributed by atoms with Crippen LogP contribution in [0.5, 0.6) is 0 Å². The van der Waals surface area contributed by atoms with E-state index in [2.05, 4.69) is 72.5 Å². The van der Waals surface area contributed by atoms with E-state index in [1.807, 2.05) is 0 Å². The first kappa shape index (κ1) is 13.9. The lowest BCUT2D eigenvalue weighted by molar-refractivity contribution is 0.412. The van der Waals surface area contributed by atoms with E-state index in [-0.39, 0.29) is 13.2 Å². The van der Waals surface area contributed by atoms with E-state index in [9.17, 15) is 0 Å². The maximum atomic E-state index is 3.96. The first-order valence-electron chi connectivity index (χ1n) is 4.95. The van der Waals surface area contributed by atoms with Gasteiger partial charge in [-0.25, -0.2) is 0 Å². The largest absolute Gasteiger partial charge is 0.0592 e. The summed E-state index contributed by atoms with van der Waals surface area (Å²) in [4.78, 5) is 0. The highest BCUT2D eigenvalue weighted by Crippen LogP contribution is 2.91. The van der Waals surface area contributed by atoms with Crippen molar-refractivity contribution in [3.8, 4) is 0 Å². The monoisotopic (exact) mass is 360 g/mol. The molecule has 1 fully saturated rings. The summed E-state index contributed by atoms with van der Waals surface area (Å²) in [6, 6.07) is 0. The van der Waals surface area contributed by atoms with Crippen molar-refractivity contribution in [2.24, 2.45) is 10.8 Å². The molecular weight excluding hydrogens is 342 g/mol. The van der Waals surface area contributed by atoms with Gasteiger partial charge in [-0.3, -0.25) is 0 Å². The van der Waals surface area contributed by atoms with Gasteiger partial charge in [0.15, 0.2) is 0 Å². The lowest BCUT2D eigenvalue weighted by atomic mass is 9.99. The summed E-state index contributed by atoms with van der Waals surface area (Å²) >= 11 is 7.91. The van der Waals surface area contributed by atoms with Crippen molar-refractivity contribution in [3.63, 3.8) is 0 Å². The SMILES string of the molecule is CC(C)(C)C1P(Br)C(C(C)(C)C)P1Br. The molecule has 0 radical (unpaired) electrons. The molecule has 4 heteroatoms. The van der Waals surface area contributed by atoms with Gasteiger partial charge >= 0.3 is 0 Å². The van der Waals surface area contributed by atoms with Gasteiger partial charge in [-0.15, -0.1) is 0 Å². The van der Waals surface area contributed by atoms with Gasteiger partial charge in [0.2, 0.25) is 0 Å². The quantitative estimate of drug-likeness (QED) is 0.442. The summed E-state index contributed by atoms with van der Waals surface area (Å²) < 4.78 is 0. The zero-order valence-electron chi connectivity index (χ0n) is 9.81. The van der Waals surface area contributed by atoms with Crippen LogP contribution in [-0.2, 0) is 0 Å². The molecule has 0 saturated carbocycles. The van der Waals surface area contributed by atoms with Crippen LogP contribution in [0.1, 0.15) is 41.5 Å². The molecule has 1 aliphatic rings. The van der Waals surface area contributed by atoms with Crippen LogP contribution in [-0.4, -0.2) is 10.8 Å². The molecule has 0 N–H and O–H groups in total. The molecule has 1 rings (SSSR count). The van der Waals surface area contributed by atoms with Gasteiger partial charge in [-0.05, 0) is 24.1 Å². The fourth-order valence-electron chi connectivity index (χ4n) is 1.89. The van der Waals surface area contributed by atoms with Crippen LogP contribution >= 0.6 is 44.2 Å². The highest BCUT2D eigenvalue weighted by atomic mass is 79.9. The van der Waals surface area contributed by atoms with Crippen molar-refractivity contribution in [2.45, 2.75) is 52.3 Å². The van der Waals surface area contributed by atoms with Gasteiger partial charge in [0.05, 0.1) is 0 Å². The van der Waals surface area contributed by atoms with E-state index in [4.69, 9.17) is 0 Å². The van der Waals surface area contributed by atoms with Crippen LogP contribution in [0.25, 0.3) is 0 Å². The molecule has 0 spiro atoms. The highest BCUT2D eigenvalue weighted by Gasteiger charge is 2.56. The smallest absolute Gasteiger partial charge is 0.0251 e. The molecule has 0 aromatic rings. The predicted octanol–water partition coefficient (Wildman–Crippen LogP) is 6.33. The second kappa shape index (κ2) is 4.25. The second-order valence-corrected chi connectivity index (χ2v) is 15.3. The molecule has 1 heterocycles. The molecule has 1 aliphatic heterocycles. The zero-order valence-corrected chi connectivity index (χ0v) is 14.8. The van der Waals surface area contributed by atoms with Gasteiger partial charge in [-0.2, -0.15) is 0 Å². The van der Waals surface area contributed by atoms with Crippen molar-refractivity contribution in [3.05, 3.63) is 0 Å². The average molecular weight is 362 g/mol. The van der Waals surface area contributed by atoms with E-state index in [1.165, 1.54) is 0 Å². The number of rotatable bonds is 0. The first-order valence-corrected chi connectivity index (χ1v) is 11.9. The standard InChI is InChI=1S/C10H20Br2P2/c1-9(2,3)7-13(11)8(14(7)12)10(4,5)6/h7-8H,1-6H3. The van der Waals surface area contributed by atoms with Crippen LogP contribution in [0.15, 0.2) is 0 Å². The summed E-state index contributed by atoms with van der Waals surface area (Å²) in [6.07, 6.45) is 0. The third kappa shape index (κ3) is 2.55. The van der Waals surface area contributed by atoms with Crippen molar-refractivity contribution in [1.29, 1.82) is 0 Å². The molecule has 0 aromatic carbocycles. The minimum atomic E-state index is 0.0344. The maximum Gasteiger partial charge on any atom is 0.0251 e. The van der Waals surface area contributed by atoms with Gasteiger partial charge < -0.3 is 0 Å². The predicted molar refractivity (Wildman–Crippen MR) is 78.2 cm³/mol. The molecular formula is C10H20Br2P2. The summed E-state index contributed by atoms with van der Waals surface area (Å²) in [5, 5.41) is 1.74. The Hall–Kier alpha value is 1.82. The molecule has 84 valence electrons. The first-order chi connectivity index (χ1) is 6.07. The van der Waals surface area contributed by atoms with Gasteiger partial charge in [0, 0.05) is 10.8 Å². The van der Waals surface area contributed by atoms with E-state index in [0.717, 1.165) is 10.8 Å². The average Bonchev–Trinajstić information content (AvgIpc) is 1.78. The fraction of sp³-hybridized carbons (Fsp3) is 1.00. The van der Waals surface area contributed by atoms with Crippen LogP contribution in [0, 0.1) is 10.8 Å². The summed E-state index contributed by atoms with van der Waals surface area (Å²) in [5.41, 5.74) is 0.901. The summed E-state index contributed by atoms with van der Waals surface area (Å²) in [7, 11) is 0. The topological polar surface area (TPSA) is 0 Å². The van der Waals surface area contributed by atoms with E-state index in [1.54, 1.807) is 0 Å². The highest BCUT2D eigenvalue weighted by molar-refractivity contribution is 9.45. The third-order valence-corrected chi connectivity index (χ3v) is 19.1. The van der Waals surface area contributed by atoms with Crippen molar-refractivity contribution in [2.75, 3.05) is 0 Å². The summed E-state index contributed by atoms with van der Waals surface area (Å²) in [6.45, 7) is 14.3. The molecule has 14 heavy (non-hydrogen) atoms. The molecule has 0 amide bonds. The second-order valence-electron chi connectivity index (χ2n) is 6.17. The van der Waals surface area contributed by atoms with Gasteiger partial charge in [-0.1, -0.05) is 72.5 Å². The Kier molecular flexibility index (Phi) is 4.21. The fourth-order valence-corrected chi connectivity index (χ4v) is 26.6. The molecule has 0 bridgehead atoms. The Bertz CT molecular complexity index is 185. The van der Waals surface area contributed by atoms with Crippen molar-refractivity contribution in [1.82, 2.24) is 0 Å². The Morgan fingerprint density at radius 1 is 0.714 bits per heavy atom. The minimum absolute atomic E-state index is 0.0344. The van der Waals surface area contributed by atoms with Crippen molar-refractivity contribution >= 4 is 44.2 Å². The normalized spacial score (nSPS) is 39.4. The van der Waals surface area contributed by atoms with Crippen molar-refractivity contribution < 1.29 is 0 Å². The molecule has 0 aliphatic carbocycles. The molecule has 1 saturated heterocycles. The van der Waals surface area contributed by atoms with Gasteiger partial charge in [0.25, 0.3) is 0 Å². The molecule has 0 atom stereocenters. The number of hydrogen-bond donors (Lipinski definition) is 0. The zero-order chi connectivity index (χ0) is 11.3. The maximum absolute atomic E-state index is 3.96. The Morgan fingerprint density at radius 2 is 0.929 bits per heavy atom. The van der Waals surface area contributed by atoms with Crippen LogP contribution in [0.3, 0.4) is 0 Å². The Balaban J connectivity index is 2.76. The third-order valence-electron chi connectivity index (χ3n) is 2.48. The number of halogens is 2. The van der Waals surface area contributed by atoms with Crippen LogP contribution in [0.4, 0.5) is 0 Å². The Labute approximate surface area is 107 Å². The Morgan fingerprint density at radius 3 is 1.07 bits per heavy atom. The van der Waals surface area contributed by atoms with E-state index >= 15 is 0 Å². The lowest BCUT2D eigenvalue weighted by Crippen LogP contribution is -2.39. The number of hydrogen-bond acceptors (Lipinski definition) is 0. The van der Waals surface area contributed by atoms with E-state index in [0.29, 0.717) is 10.8 Å². The van der Waals surface area contributed by atoms with Crippen LogP contribution in [0.2, 0.25) is 0 Å². The molecule has 0 aromatic heterocycles.